The highest BCUT2D eigenvalue weighted by molar-refractivity contribution is 6.17. The van der Waals surface area contributed by atoms with Gasteiger partial charge < -0.3 is 9.13 Å². The van der Waals surface area contributed by atoms with Gasteiger partial charge in [0.15, 0.2) is 17.5 Å². The summed E-state index contributed by atoms with van der Waals surface area (Å²) in [6.07, 6.45) is 0. The summed E-state index contributed by atoms with van der Waals surface area (Å²) in [6, 6.07) is 88.9. The van der Waals surface area contributed by atoms with Crippen molar-refractivity contribution in [3.8, 4) is 67.8 Å². The highest BCUT2D eigenvalue weighted by Crippen LogP contribution is 2.44. The topological polar surface area (TPSA) is 48.5 Å². The summed E-state index contributed by atoms with van der Waals surface area (Å²) >= 11 is 0. The Kier molecular flexibility index (Phi) is 9.14. The molecule has 0 amide bonds. The van der Waals surface area contributed by atoms with E-state index in [0.717, 1.165) is 77.8 Å². The molecule has 14 rings (SSSR count). The Labute approximate surface area is 403 Å². The lowest BCUT2D eigenvalue weighted by atomic mass is 9.92. The molecule has 0 unspecified atom stereocenters. The largest absolute Gasteiger partial charge is 0.309 e. The molecule has 0 N–H and O–H groups in total. The Hall–Kier alpha value is -9.45. The first-order chi connectivity index (χ1) is 34.7. The van der Waals surface area contributed by atoms with Crippen molar-refractivity contribution < 1.29 is 0 Å². The number of fused-ring (bicyclic) bond motifs is 8. The number of benzene rings is 11. The highest BCUT2D eigenvalue weighted by Gasteiger charge is 2.24. The Bertz CT molecular complexity index is 4240. The van der Waals surface area contributed by atoms with Crippen LogP contribution in [0, 0.1) is 0 Å². The average molecular weight is 892 g/mol. The van der Waals surface area contributed by atoms with Crippen LogP contribution < -0.4 is 0 Å². The molecule has 11 aromatic carbocycles. The van der Waals surface area contributed by atoms with E-state index in [0.29, 0.717) is 17.5 Å². The number of hydrogen-bond donors (Lipinski definition) is 0. The molecule has 0 aliphatic rings. The van der Waals surface area contributed by atoms with Crippen LogP contribution in [0.15, 0.2) is 249 Å². The molecule has 70 heavy (non-hydrogen) atoms. The fourth-order valence-electron chi connectivity index (χ4n) is 10.6. The van der Waals surface area contributed by atoms with Gasteiger partial charge in [0.2, 0.25) is 0 Å². The fraction of sp³-hybridized carbons (Fsp3) is 0. The van der Waals surface area contributed by atoms with Crippen molar-refractivity contribution >= 4 is 65.2 Å². The zero-order valence-corrected chi connectivity index (χ0v) is 37.9. The Morgan fingerprint density at radius 1 is 0.243 bits per heavy atom. The van der Waals surface area contributed by atoms with E-state index in [1.807, 2.05) is 18.2 Å². The number of hydrogen-bond acceptors (Lipinski definition) is 3. The van der Waals surface area contributed by atoms with Gasteiger partial charge in [-0.25, -0.2) is 15.0 Å². The van der Waals surface area contributed by atoms with E-state index in [1.54, 1.807) is 0 Å². The smallest absolute Gasteiger partial charge is 0.164 e. The Morgan fingerprint density at radius 3 is 1.31 bits per heavy atom. The van der Waals surface area contributed by atoms with E-state index in [2.05, 4.69) is 240 Å². The highest BCUT2D eigenvalue weighted by atomic mass is 15.0. The summed E-state index contributed by atoms with van der Waals surface area (Å²) in [5.41, 5.74) is 13.7. The second-order valence-corrected chi connectivity index (χ2v) is 18.0. The first-order valence-electron chi connectivity index (χ1n) is 23.8. The van der Waals surface area contributed by atoms with E-state index >= 15 is 0 Å². The van der Waals surface area contributed by atoms with Crippen LogP contribution in [-0.2, 0) is 0 Å². The van der Waals surface area contributed by atoms with Crippen LogP contribution in [0.3, 0.4) is 0 Å². The van der Waals surface area contributed by atoms with Gasteiger partial charge in [0.1, 0.15) is 0 Å². The van der Waals surface area contributed by atoms with Gasteiger partial charge in [0.25, 0.3) is 0 Å². The quantitative estimate of drug-likeness (QED) is 0.160. The molecular weight excluding hydrogens is 851 g/mol. The molecule has 0 aliphatic carbocycles. The lowest BCUT2D eigenvalue weighted by molar-refractivity contribution is 1.07. The average Bonchev–Trinajstić information content (AvgIpc) is 3.93. The van der Waals surface area contributed by atoms with Crippen LogP contribution in [0.5, 0.6) is 0 Å². The number of aromatic nitrogens is 5. The van der Waals surface area contributed by atoms with Crippen molar-refractivity contribution in [1.29, 1.82) is 0 Å². The van der Waals surface area contributed by atoms with Gasteiger partial charge >= 0.3 is 0 Å². The van der Waals surface area contributed by atoms with Crippen LogP contribution in [0.25, 0.3) is 133 Å². The third kappa shape index (κ3) is 6.51. The number of rotatable bonds is 7. The van der Waals surface area contributed by atoms with Crippen LogP contribution >= 0.6 is 0 Å². The van der Waals surface area contributed by atoms with E-state index in [1.165, 1.54) is 37.7 Å². The lowest BCUT2D eigenvalue weighted by Gasteiger charge is -2.20. The maximum Gasteiger partial charge on any atom is 0.164 e. The molecule has 0 bridgehead atoms. The van der Waals surface area contributed by atoms with Crippen molar-refractivity contribution in [2.24, 2.45) is 0 Å². The van der Waals surface area contributed by atoms with Gasteiger partial charge in [-0.2, -0.15) is 0 Å². The van der Waals surface area contributed by atoms with Crippen molar-refractivity contribution in [3.63, 3.8) is 0 Å². The molecule has 0 saturated carbocycles. The van der Waals surface area contributed by atoms with Crippen LogP contribution in [-0.4, -0.2) is 24.1 Å². The standard InChI is InChI=1S/C65H41N5/c1-5-19-42(20-6-1)52-41-62(70-60-38-47-27-15-13-25-45(47)35-55(60)56-36-46-26-14-16-28-48(46)39-61(56)70)53(43-21-7-2-8-22-43)40-57(52)65-67-63(44-23-9-3-10-24-44)66-64(68-65)49-33-34-59-54(37-49)51-31-17-18-32-58(51)69(59)50-29-11-4-12-30-50/h1-41H. The Morgan fingerprint density at radius 2 is 0.700 bits per heavy atom. The molecule has 0 aliphatic heterocycles. The maximum absolute atomic E-state index is 5.50. The molecule has 0 spiro atoms. The molecular formula is C65H41N5. The minimum Gasteiger partial charge on any atom is -0.309 e. The summed E-state index contributed by atoms with van der Waals surface area (Å²) in [5.74, 6) is 1.81. The van der Waals surface area contributed by atoms with Gasteiger partial charge in [-0.3, -0.25) is 0 Å². The van der Waals surface area contributed by atoms with Gasteiger partial charge in [-0.1, -0.05) is 176 Å². The van der Waals surface area contributed by atoms with Crippen LogP contribution in [0.2, 0.25) is 0 Å². The molecule has 5 nitrogen and oxygen atoms in total. The minimum atomic E-state index is 0.595. The maximum atomic E-state index is 5.50. The SMILES string of the molecule is c1ccc(-c2nc(-c3ccc4c(c3)c3ccccc3n4-c3ccccc3)nc(-c3cc(-c4ccccc4)c(-n4c5cc6ccccc6cc5c5cc6ccccc6cc54)cc3-c3ccccc3)n2)cc1. The summed E-state index contributed by atoms with van der Waals surface area (Å²) in [5, 5.41) is 9.54. The normalized spacial score (nSPS) is 11.7. The van der Waals surface area contributed by atoms with Gasteiger partial charge in [0.05, 0.1) is 27.8 Å². The first-order valence-corrected chi connectivity index (χ1v) is 23.8. The van der Waals surface area contributed by atoms with Crippen molar-refractivity contribution in [2.75, 3.05) is 0 Å². The minimum absolute atomic E-state index is 0.595. The molecule has 0 saturated heterocycles. The van der Waals surface area contributed by atoms with Crippen molar-refractivity contribution in [3.05, 3.63) is 249 Å². The molecule has 3 aromatic heterocycles. The lowest BCUT2D eigenvalue weighted by Crippen LogP contribution is -2.04. The molecule has 326 valence electrons. The van der Waals surface area contributed by atoms with E-state index in [9.17, 15) is 0 Å². The predicted molar refractivity (Wildman–Crippen MR) is 291 cm³/mol. The number of nitrogens with zero attached hydrogens (tertiary/aromatic N) is 5. The molecule has 14 aromatic rings. The van der Waals surface area contributed by atoms with Crippen molar-refractivity contribution in [1.82, 2.24) is 24.1 Å². The molecule has 0 fully saturated rings. The first kappa shape index (κ1) is 39.7. The second-order valence-electron chi connectivity index (χ2n) is 18.0. The number of para-hydroxylation sites is 2. The van der Waals surface area contributed by atoms with E-state index < -0.39 is 0 Å². The fourth-order valence-corrected chi connectivity index (χ4v) is 10.6. The summed E-state index contributed by atoms with van der Waals surface area (Å²) in [7, 11) is 0. The third-order valence-corrected chi connectivity index (χ3v) is 13.9. The molecule has 0 atom stereocenters. The summed E-state index contributed by atoms with van der Waals surface area (Å²) in [6.45, 7) is 0. The van der Waals surface area contributed by atoms with Gasteiger partial charge in [-0.05, 0) is 111 Å². The predicted octanol–water partition coefficient (Wildman–Crippen LogP) is 16.7. The van der Waals surface area contributed by atoms with Gasteiger partial charge in [0, 0.05) is 49.5 Å². The van der Waals surface area contributed by atoms with Crippen LogP contribution in [0.1, 0.15) is 0 Å². The third-order valence-electron chi connectivity index (χ3n) is 13.9. The monoisotopic (exact) mass is 891 g/mol. The molecule has 0 radical (unpaired) electrons. The zero-order chi connectivity index (χ0) is 46.1. The molecule has 5 heteroatoms. The summed E-state index contributed by atoms with van der Waals surface area (Å²) < 4.78 is 4.82. The summed E-state index contributed by atoms with van der Waals surface area (Å²) in [4.78, 5) is 16.2. The van der Waals surface area contributed by atoms with E-state index in [-0.39, 0.29) is 0 Å². The second kappa shape index (κ2) is 16.1. The van der Waals surface area contributed by atoms with E-state index in [4.69, 9.17) is 15.0 Å². The zero-order valence-electron chi connectivity index (χ0n) is 37.9. The van der Waals surface area contributed by atoms with Gasteiger partial charge in [-0.15, -0.1) is 0 Å². The Balaban J connectivity index is 1.06. The van der Waals surface area contributed by atoms with Crippen molar-refractivity contribution in [2.45, 2.75) is 0 Å². The van der Waals surface area contributed by atoms with Crippen LogP contribution in [0.4, 0.5) is 0 Å². The molecule has 3 heterocycles.